The Bertz CT molecular complexity index is 1810. The van der Waals surface area contributed by atoms with Crippen LogP contribution in [0.2, 0.25) is 0 Å². The second-order valence-electron chi connectivity index (χ2n) is 14.5. The number of fused-ring (bicyclic) bond motifs is 1. The van der Waals surface area contributed by atoms with Crippen LogP contribution < -0.4 is 5.32 Å². The van der Waals surface area contributed by atoms with Crippen molar-refractivity contribution < 1.29 is 38.5 Å². The highest BCUT2D eigenvalue weighted by Crippen LogP contribution is 2.59. The molecule has 11 nitrogen and oxygen atoms in total. The number of allylic oxidation sites excluding steroid dienone is 1. The van der Waals surface area contributed by atoms with Crippen LogP contribution in [0.15, 0.2) is 116 Å². The van der Waals surface area contributed by atoms with Gasteiger partial charge in [-0.15, -0.1) is 13.2 Å². The Kier molecular flexibility index (Phi) is 13.0. The van der Waals surface area contributed by atoms with Crippen LogP contribution in [0, 0.1) is 11.8 Å². The van der Waals surface area contributed by atoms with Gasteiger partial charge in [-0.25, -0.2) is 0 Å². The Morgan fingerprint density at radius 2 is 1.65 bits per heavy atom. The molecule has 3 saturated heterocycles. The van der Waals surface area contributed by atoms with Crippen molar-refractivity contribution in [3.8, 4) is 0 Å². The van der Waals surface area contributed by atoms with Crippen LogP contribution in [0.25, 0.3) is 0 Å². The Morgan fingerprint density at radius 3 is 2.27 bits per heavy atom. The van der Waals surface area contributed by atoms with Gasteiger partial charge >= 0.3 is 5.97 Å². The first-order valence-electron chi connectivity index (χ1n) is 19.0. The lowest BCUT2D eigenvalue weighted by atomic mass is 9.70. The van der Waals surface area contributed by atoms with Gasteiger partial charge in [-0.1, -0.05) is 103 Å². The number of carbonyl (C=O) groups excluding carboxylic acids is 4. The summed E-state index contributed by atoms with van der Waals surface area (Å²) in [6, 6.07) is 25.5. The number of aliphatic hydroxyl groups excluding tert-OH is 1. The average molecular weight is 750 g/mol. The van der Waals surface area contributed by atoms with Crippen LogP contribution in [0.5, 0.6) is 0 Å². The Morgan fingerprint density at radius 1 is 1.00 bits per heavy atom. The van der Waals surface area contributed by atoms with Crippen LogP contribution in [0.1, 0.15) is 48.5 Å². The van der Waals surface area contributed by atoms with Gasteiger partial charge in [0.2, 0.25) is 17.7 Å². The van der Waals surface area contributed by atoms with Crippen LogP contribution in [-0.4, -0.2) is 95.3 Å². The fraction of sp³-hybridized carbons (Fsp3) is 0.409. The lowest BCUT2D eigenvalue weighted by molar-refractivity contribution is -0.163. The van der Waals surface area contributed by atoms with Gasteiger partial charge in [0.05, 0.1) is 43.2 Å². The normalized spacial score (nSPS) is 24.0. The Balaban J connectivity index is 1.37. The molecule has 0 saturated carbocycles. The van der Waals surface area contributed by atoms with E-state index in [1.54, 1.807) is 17.1 Å². The zero-order valence-electron chi connectivity index (χ0n) is 31.3. The Labute approximate surface area is 322 Å². The maximum Gasteiger partial charge on any atom is 0.313 e. The van der Waals surface area contributed by atoms with Gasteiger partial charge in [0.15, 0.2) is 0 Å². The number of methoxy groups -OCH3 is 1. The first-order valence-corrected chi connectivity index (χ1v) is 19.0. The molecule has 8 atom stereocenters. The van der Waals surface area contributed by atoms with E-state index in [9.17, 15) is 14.7 Å². The largest absolute Gasteiger partial charge is 0.455 e. The number of aliphatic hydroxyl groups is 1. The summed E-state index contributed by atoms with van der Waals surface area (Å²) < 4.78 is 18.6. The first kappa shape index (κ1) is 39.6. The van der Waals surface area contributed by atoms with Crippen molar-refractivity contribution in [2.24, 2.45) is 11.8 Å². The highest BCUT2D eigenvalue weighted by atomic mass is 16.6. The summed E-state index contributed by atoms with van der Waals surface area (Å²) in [6.45, 7) is 7.72. The highest BCUT2D eigenvalue weighted by molar-refractivity contribution is 5.98. The molecule has 55 heavy (non-hydrogen) atoms. The minimum Gasteiger partial charge on any atom is -0.455 e. The molecule has 0 radical (unpaired) electrons. The summed E-state index contributed by atoms with van der Waals surface area (Å²) in [5.74, 6) is -3.77. The van der Waals surface area contributed by atoms with Crippen molar-refractivity contribution in [3.05, 3.63) is 133 Å². The summed E-state index contributed by atoms with van der Waals surface area (Å²) >= 11 is 0. The number of nitrogens with one attached hydrogen (secondary N) is 1. The van der Waals surface area contributed by atoms with Gasteiger partial charge in [0, 0.05) is 26.6 Å². The van der Waals surface area contributed by atoms with Crippen molar-refractivity contribution in [2.45, 2.75) is 74.6 Å². The van der Waals surface area contributed by atoms with E-state index in [0.717, 1.165) is 11.1 Å². The fourth-order valence-corrected chi connectivity index (χ4v) is 8.66. The number of benzene rings is 3. The van der Waals surface area contributed by atoms with E-state index >= 15 is 9.59 Å². The molecule has 3 aliphatic heterocycles. The van der Waals surface area contributed by atoms with Gasteiger partial charge in [-0.2, -0.15) is 0 Å². The fourth-order valence-electron chi connectivity index (χ4n) is 8.66. The summed E-state index contributed by atoms with van der Waals surface area (Å²) in [5.41, 5.74) is 1.08. The third-order valence-corrected chi connectivity index (χ3v) is 11.0. The number of hydrogen-bond acceptors (Lipinski definition) is 8. The number of hydrogen-bond donors (Lipinski definition) is 2. The predicted octanol–water partition coefficient (Wildman–Crippen LogP) is 4.56. The van der Waals surface area contributed by atoms with E-state index in [0.29, 0.717) is 24.8 Å². The lowest BCUT2D eigenvalue weighted by Gasteiger charge is -2.39. The van der Waals surface area contributed by atoms with Crippen LogP contribution in [0.4, 0.5) is 0 Å². The lowest BCUT2D eigenvalue weighted by Crippen LogP contribution is -2.59. The monoisotopic (exact) mass is 749 g/mol. The third kappa shape index (κ3) is 8.29. The van der Waals surface area contributed by atoms with Gasteiger partial charge in [0.25, 0.3) is 0 Å². The first-order chi connectivity index (χ1) is 26.8. The van der Waals surface area contributed by atoms with Crippen molar-refractivity contribution in [1.82, 2.24) is 15.1 Å². The molecular weight excluding hydrogens is 698 g/mol. The van der Waals surface area contributed by atoms with Crippen LogP contribution in [0.3, 0.4) is 0 Å². The van der Waals surface area contributed by atoms with E-state index in [1.807, 2.05) is 91.0 Å². The van der Waals surface area contributed by atoms with Crippen molar-refractivity contribution in [2.75, 3.05) is 26.9 Å². The summed E-state index contributed by atoms with van der Waals surface area (Å²) in [7, 11) is 1.50. The number of amides is 3. The molecule has 1 spiro atoms. The van der Waals surface area contributed by atoms with E-state index in [-0.39, 0.29) is 44.4 Å². The van der Waals surface area contributed by atoms with Crippen LogP contribution in [-0.2, 0) is 46.4 Å². The third-order valence-electron chi connectivity index (χ3n) is 11.0. The zero-order chi connectivity index (χ0) is 39.0. The van der Waals surface area contributed by atoms with E-state index in [4.69, 9.17) is 14.2 Å². The average Bonchev–Trinajstić information content (AvgIpc) is 3.86. The van der Waals surface area contributed by atoms with Gasteiger partial charge in [0.1, 0.15) is 17.7 Å². The minimum absolute atomic E-state index is 0.0478. The second kappa shape index (κ2) is 18.0. The quantitative estimate of drug-likeness (QED) is 0.135. The molecule has 2 N–H and O–H groups in total. The molecule has 3 heterocycles. The number of rotatable bonds is 19. The molecular formula is C44H51N3O8. The number of ether oxygens (including phenoxy) is 3. The minimum atomic E-state index is -1.34. The molecule has 2 bridgehead atoms. The van der Waals surface area contributed by atoms with Crippen molar-refractivity contribution in [1.29, 1.82) is 0 Å². The molecule has 0 unspecified atom stereocenters. The molecule has 0 aliphatic carbocycles. The van der Waals surface area contributed by atoms with E-state index < -0.39 is 66.3 Å². The molecule has 6 rings (SSSR count). The SMILES string of the molecule is C=CCCC(=O)N[C@@H](COC)[C@@H](OC(=O)[C@@H]1[C@H]2C(=O)N([C@@H](CO)Cc3ccccc3)[C@H](C(=O)N(CC=C)Cc3ccccc3)[C@]23CC[C@H]1O3)c1ccccc1. The zero-order valence-corrected chi connectivity index (χ0v) is 31.3. The van der Waals surface area contributed by atoms with E-state index in [2.05, 4.69) is 18.5 Å². The summed E-state index contributed by atoms with van der Waals surface area (Å²) in [4.78, 5) is 60.8. The summed E-state index contributed by atoms with van der Waals surface area (Å²) in [6.07, 6.45) is 3.42. The maximum absolute atomic E-state index is 15.0. The van der Waals surface area contributed by atoms with Gasteiger partial charge < -0.3 is 34.4 Å². The maximum atomic E-state index is 15.0. The van der Waals surface area contributed by atoms with E-state index in [1.165, 1.54) is 12.0 Å². The molecule has 11 heteroatoms. The number of esters is 1. The molecule has 3 aromatic carbocycles. The smallest absolute Gasteiger partial charge is 0.313 e. The number of likely N-dealkylation sites (tertiary alicyclic amines) is 1. The standard InChI is InChI=1S/C44H51N3O8/c1-4-6-22-36(49)45-34(29-53-3)39(32-20-14-9-15-21-32)54-43(52)37-35-23-24-44(55-35)38(37)41(50)47(33(28-48)26-30-16-10-7-11-17-30)40(44)42(51)46(25-5-2)27-31-18-12-8-13-19-31/h4-5,7-21,33-35,37-40,48H,1-2,6,22-29H2,3H3,(H,45,49)/t33-,34+,35-,37+,38+,39+,40-,44+/m1/s1. The molecule has 3 aromatic rings. The number of nitrogens with zero attached hydrogens (tertiary/aromatic N) is 2. The topological polar surface area (TPSA) is 135 Å². The Hall–Kier alpha value is -5.10. The van der Waals surface area contributed by atoms with Crippen molar-refractivity contribution in [3.63, 3.8) is 0 Å². The van der Waals surface area contributed by atoms with Crippen LogP contribution >= 0.6 is 0 Å². The molecule has 290 valence electrons. The highest BCUT2D eigenvalue weighted by Gasteiger charge is 2.75. The second-order valence-corrected chi connectivity index (χ2v) is 14.5. The predicted molar refractivity (Wildman–Crippen MR) is 206 cm³/mol. The van der Waals surface area contributed by atoms with Crippen molar-refractivity contribution >= 4 is 23.7 Å². The number of carbonyl (C=O) groups is 4. The van der Waals surface area contributed by atoms with Gasteiger partial charge in [-0.3, -0.25) is 19.2 Å². The molecule has 3 fully saturated rings. The molecule has 3 aliphatic rings. The summed E-state index contributed by atoms with van der Waals surface area (Å²) in [5, 5.41) is 13.9. The molecule has 0 aromatic heterocycles. The molecule has 3 amide bonds. The van der Waals surface area contributed by atoms with Gasteiger partial charge in [-0.05, 0) is 42.4 Å².